The van der Waals surface area contributed by atoms with Crippen LogP contribution in [0.2, 0.25) is 0 Å². The zero-order valence-electron chi connectivity index (χ0n) is 15.2. The van der Waals surface area contributed by atoms with Crippen LogP contribution in [0.1, 0.15) is 36.7 Å². The van der Waals surface area contributed by atoms with Gasteiger partial charge in [-0.2, -0.15) is 0 Å². The molecule has 0 atom stereocenters. The molecule has 0 radical (unpaired) electrons. The number of nitrogens with one attached hydrogen (secondary N) is 1. The van der Waals surface area contributed by atoms with E-state index < -0.39 is 0 Å². The number of hydrogen-bond acceptors (Lipinski definition) is 5. The molecule has 26 heavy (non-hydrogen) atoms. The number of nitrogens with zero attached hydrogens (tertiary/aromatic N) is 2. The molecule has 0 saturated carbocycles. The molecule has 1 aromatic rings. The van der Waals surface area contributed by atoms with Crippen LogP contribution in [0.25, 0.3) is 0 Å². The monoisotopic (exact) mass is 377 g/mol. The fourth-order valence-corrected chi connectivity index (χ4v) is 3.29. The van der Waals surface area contributed by atoms with Gasteiger partial charge in [-0.1, -0.05) is 23.9 Å². The van der Waals surface area contributed by atoms with E-state index in [9.17, 15) is 19.2 Å². The van der Waals surface area contributed by atoms with Crippen molar-refractivity contribution in [2.24, 2.45) is 0 Å². The number of thioether (sulfide) groups is 1. The lowest BCUT2D eigenvalue weighted by Gasteiger charge is -2.21. The number of rotatable bonds is 7. The van der Waals surface area contributed by atoms with E-state index in [4.69, 9.17) is 0 Å². The lowest BCUT2D eigenvalue weighted by Crippen LogP contribution is -2.42. The standard InChI is InChI=1S/C18H23N3O4S/c1-4-20(10-15(22)19-12(2)3)17(24)14-7-5-6-13(8-14)9-21-16(23)11-26-18(21)25/h5-8,12H,4,9-11H2,1-3H3,(H,19,22). The normalized spacial score (nSPS) is 14.1. The largest absolute Gasteiger partial charge is 0.352 e. The maximum absolute atomic E-state index is 12.7. The molecule has 1 aliphatic heterocycles. The molecule has 1 fully saturated rings. The number of carbonyl (C=O) groups is 4. The highest BCUT2D eigenvalue weighted by molar-refractivity contribution is 8.14. The molecule has 8 heteroatoms. The number of amides is 4. The minimum absolute atomic E-state index is 0.00745. The Kier molecular flexibility index (Phi) is 6.79. The van der Waals surface area contributed by atoms with Gasteiger partial charge in [-0.3, -0.25) is 24.1 Å². The molecule has 0 unspecified atom stereocenters. The molecule has 140 valence electrons. The van der Waals surface area contributed by atoms with Gasteiger partial charge in [-0.15, -0.1) is 0 Å². The first-order chi connectivity index (χ1) is 12.3. The lowest BCUT2D eigenvalue weighted by atomic mass is 10.1. The average Bonchev–Trinajstić information content (AvgIpc) is 2.90. The van der Waals surface area contributed by atoms with Gasteiger partial charge in [0.25, 0.3) is 11.1 Å². The van der Waals surface area contributed by atoms with Gasteiger partial charge in [0.1, 0.15) is 0 Å². The third-order valence-corrected chi connectivity index (χ3v) is 4.67. The van der Waals surface area contributed by atoms with Crippen LogP contribution < -0.4 is 5.32 Å². The van der Waals surface area contributed by atoms with Crippen molar-refractivity contribution < 1.29 is 19.2 Å². The molecule has 2 rings (SSSR count). The number of likely N-dealkylation sites (N-methyl/N-ethyl adjacent to an activating group) is 1. The predicted octanol–water partition coefficient (Wildman–Crippen LogP) is 1.87. The molecule has 0 bridgehead atoms. The first kappa shape index (κ1) is 20.0. The fraction of sp³-hybridized carbons (Fsp3) is 0.444. The Morgan fingerprint density at radius 1 is 1.31 bits per heavy atom. The van der Waals surface area contributed by atoms with Gasteiger partial charge in [0, 0.05) is 18.2 Å². The summed E-state index contributed by atoms with van der Waals surface area (Å²) in [5.41, 5.74) is 1.12. The van der Waals surface area contributed by atoms with Crippen LogP contribution in [-0.4, -0.2) is 57.6 Å². The Labute approximate surface area is 157 Å². The van der Waals surface area contributed by atoms with Crippen LogP contribution in [0.5, 0.6) is 0 Å². The first-order valence-electron chi connectivity index (χ1n) is 8.46. The number of hydrogen-bond donors (Lipinski definition) is 1. The summed E-state index contributed by atoms with van der Waals surface area (Å²) in [6.45, 7) is 6.05. The Bertz CT molecular complexity index is 704. The summed E-state index contributed by atoms with van der Waals surface area (Å²) in [5, 5.41) is 2.50. The lowest BCUT2D eigenvalue weighted by molar-refractivity contribution is -0.125. The van der Waals surface area contributed by atoms with Crippen LogP contribution in [0.15, 0.2) is 24.3 Å². The Balaban J connectivity index is 2.09. The van der Waals surface area contributed by atoms with Crippen LogP contribution in [0.3, 0.4) is 0 Å². The second-order valence-electron chi connectivity index (χ2n) is 6.28. The molecule has 7 nitrogen and oxygen atoms in total. The summed E-state index contributed by atoms with van der Waals surface area (Å²) in [4.78, 5) is 50.7. The molecular formula is C18H23N3O4S. The van der Waals surface area contributed by atoms with Crippen molar-refractivity contribution in [1.29, 1.82) is 0 Å². The fourth-order valence-electron chi connectivity index (χ4n) is 2.57. The van der Waals surface area contributed by atoms with Gasteiger partial charge in [-0.25, -0.2) is 0 Å². The molecular weight excluding hydrogens is 354 g/mol. The maximum Gasteiger partial charge on any atom is 0.289 e. The summed E-state index contributed by atoms with van der Waals surface area (Å²) in [6.07, 6.45) is 0. The highest BCUT2D eigenvalue weighted by Crippen LogP contribution is 2.21. The van der Waals surface area contributed by atoms with Crippen LogP contribution in [0, 0.1) is 0 Å². The van der Waals surface area contributed by atoms with Gasteiger partial charge in [-0.05, 0) is 38.5 Å². The zero-order chi connectivity index (χ0) is 19.3. The highest BCUT2D eigenvalue weighted by Gasteiger charge is 2.30. The van der Waals surface area contributed by atoms with Gasteiger partial charge in [0.2, 0.25) is 11.8 Å². The van der Waals surface area contributed by atoms with Crippen molar-refractivity contribution in [2.45, 2.75) is 33.4 Å². The van der Waals surface area contributed by atoms with Crippen LogP contribution in [0.4, 0.5) is 4.79 Å². The van der Waals surface area contributed by atoms with E-state index >= 15 is 0 Å². The second-order valence-corrected chi connectivity index (χ2v) is 7.20. The Hall–Kier alpha value is -2.35. The zero-order valence-corrected chi connectivity index (χ0v) is 16.0. The van der Waals surface area contributed by atoms with E-state index in [1.165, 1.54) is 9.80 Å². The van der Waals surface area contributed by atoms with Gasteiger partial charge >= 0.3 is 0 Å². The summed E-state index contributed by atoms with van der Waals surface area (Å²) in [5.74, 6) is -0.540. The van der Waals surface area contributed by atoms with Gasteiger partial charge in [0.05, 0.1) is 18.8 Å². The number of carbonyl (C=O) groups excluding carboxylic acids is 4. The second kappa shape index (κ2) is 8.84. The third kappa shape index (κ3) is 5.08. The van der Waals surface area contributed by atoms with E-state index in [1.54, 1.807) is 24.3 Å². The highest BCUT2D eigenvalue weighted by atomic mass is 32.2. The summed E-state index contributed by atoms with van der Waals surface area (Å²) in [6, 6.07) is 6.81. The number of imide groups is 1. The topological polar surface area (TPSA) is 86.8 Å². The van der Waals surface area contributed by atoms with Crippen LogP contribution in [-0.2, 0) is 16.1 Å². The molecule has 1 aliphatic rings. The molecule has 0 aliphatic carbocycles. The van der Waals surface area contributed by atoms with Crippen molar-refractivity contribution in [1.82, 2.24) is 15.1 Å². The van der Waals surface area contributed by atoms with E-state index in [1.807, 2.05) is 20.8 Å². The van der Waals surface area contributed by atoms with Gasteiger partial charge < -0.3 is 10.2 Å². The minimum Gasteiger partial charge on any atom is -0.352 e. The van der Waals surface area contributed by atoms with E-state index in [2.05, 4.69) is 5.32 Å². The molecule has 0 aromatic heterocycles. The van der Waals surface area contributed by atoms with Crippen molar-refractivity contribution >= 4 is 34.7 Å². The number of benzene rings is 1. The maximum atomic E-state index is 12.7. The smallest absolute Gasteiger partial charge is 0.289 e. The van der Waals surface area contributed by atoms with E-state index in [0.29, 0.717) is 17.7 Å². The van der Waals surface area contributed by atoms with Crippen molar-refractivity contribution in [3.63, 3.8) is 0 Å². The van der Waals surface area contributed by atoms with Crippen molar-refractivity contribution in [3.05, 3.63) is 35.4 Å². The Morgan fingerprint density at radius 2 is 2.04 bits per heavy atom. The molecule has 1 aromatic carbocycles. The summed E-state index contributed by atoms with van der Waals surface area (Å²) >= 11 is 0.981. The molecule has 0 spiro atoms. The molecule has 1 N–H and O–H groups in total. The third-order valence-electron chi connectivity index (χ3n) is 3.81. The quantitative estimate of drug-likeness (QED) is 0.784. The van der Waals surface area contributed by atoms with Gasteiger partial charge in [0.15, 0.2) is 0 Å². The molecule has 1 saturated heterocycles. The molecule has 4 amide bonds. The minimum atomic E-state index is -0.271. The van der Waals surface area contributed by atoms with Crippen molar-refractivity contribution in [2.75, 3.05) is 18.8 Å². The first-order valence-corrected chi connectivity index (χ1v) is 9.45. The van der Waals surface area contributed by atoms with E-state index in [0.717, 1.165) is 11.8 Å². The molecule has 1 heterocycles. The average molecular weight is 377 g/mol. The SMILES string of the molecule is CCN(CC(=O)NC(C)C)C(=O)c1cccc(CN2C(=O)CSC2=O)c1. The van der Waals surface area contributed by atoms with Crippen molar-refractivity contribution in [3.8, 4) is 0 Å². The summed E-state index contributed by atoms with van der Waals surface area (Å²) in [7, 11) is 0. The Morgan fingerprint density at radius 3 is 2.62 bits per heavy atom. The van der Waals surface area contributed by atoms with E-state index in [-0.39, 0.29) is 47.8 Å². The predicted molar refractivity (Wildman–Crippen MR) is 99.7 cm³/mol. The van der Waals surface area contributed by atoms with Crippen LogP contribution >= 0.6 is 11.8 Å². The summed E-state index contributed by atoms with van der Waals surface area (Å²) < 4.78 is 0.